The molecule has 1 saturated heterocycles. The summed E-state index contributed by atoms with van der Waals surface area (Å²) >= 11 is 0. The van der Waals surface area contributed by atoms with E-state index in [1.807, 2.05) is 65.8 Å². The van der Waals surface area contributed by atoms with E-state index in [0.717, 1.165) is 12.1 Å². The Labute approximate surface area is 209 Å². The van der Waals surface area contributed by atoms with Gasteiger partial charge in [-0.1, -0.05) is 12.1 Å². The fraction of sp³-hybridized carbons (Fsp3) is 0.609. The van der Waals surface area contributed by atoms with Crippen molar-refractivity contribution >= 4 is 41.9 Å². The fourth-order valence-corrected chi connectivity index (χ4v) is 3.18. The van der Waals surface area contributed by atoms with E-state index >= 15 is 0 Å². The van der Waals surface area contributed by atoms with E-state index in [0.29, 0.717) is 44.2 Å². The molecule has 0 aliphatic carbocycles. The molecule has 0 radical (unpaired) electrons. The Balaban J connectivity index is 0.00000512. The highest BCUT2D eigenvalue weighted by Crippen LogP contribution is 2.15. The number of carbonyl (C=O) groups is 2. The average molecular weight is 559 g/mol. The van der Waals surface area contributed by atoms with Crippen LogP contribution in [-0.2, 0) is 11.3 Å². The number of nitrogens with one attached hydrogen (secondary N) is 2. The molecule has 1 fully saturated rings. The molecule has 0 saturated carbocycles. The molecule has 0 aromatic heterocycles. The number of guanidine groups is 1. The summed E-state index contributed by atoms with van der Waals surface area (Å²) in [6.45, 7) is 15.4. The number of benzene rings is 1. The molecule has 1 heterocycles. The minimum Gasteiger partial charge on any atom is -0.444 e. The lowest BCUT2D eigenvalue weighted by atomic mass is 10.1. The van der Waals surface area contributed by atoms with Gasteiger partial charge in [0.05, 0.1) is 12.6 Å². The largest absolute Gasteiger partial charge is 0.444 e. The highest BCUT2D eigenvalue weighted by molar-refractivity contribution is 14.0. The lowest BCUT2D eigenvalue weighted by molar-refractivity contribution is 0.00700. The highest BCUT2D eigenvalue weighted by atomic mass is 127. The first kappa shape index (κ1) is 28.0. The zero-order valence-corrected chi connectivity index (χ0v) is 22.4. The smallest absolute Gasteiger partial charge is 0.410 e. The number of amides is 2. The Kier molecular flexibility index (Phi) is 11.2. The Morgan fingerprint density at radius 1 is 1.12 bits per heavy atom. The van der Waals surface area contributed by atoms with Gasteiger partial charge in [0.1, 0.15) is 5.60 Å². The van der Waals surface area contributed by atoms with Crippen molar-refractivity contribution in [2.24, 2.45) is 4.99 Å². The molecule has 2 N–H and O–H groups in total. The minimum absolute atomic E-state index is 0. The van der Waals surface area contributed by atoms with Crippen molar-refractivity contribution < 1.29 is 14.3 Å². The Bertz CT molecular complexity index is 767. The summed E-state index contributed by atoms with van der Waals surface area (Å²) in [5.74, 6) is 0.759. The first-order valence-electron chi connectivity index (χ1n) is 11.1. The number of halogens is 1. The van der Waals surface area contributed by atoms with E-state index in [4.69, 9.17) is 4.74 Å². The molecule has 1 aromatic carbocycles. The molecular formula is C23H38IN5O3. The number of aliphatic imine (C=N–C) groups is 1. The van der Waals surface area contributed by atoms with Crippen LogP contribution in [-0.4, -0.2) is 72.1 Å². The fourth-order valence-electron chi connectivity index (χ4n) is 3.18. The van der Waals surface area contributed by atoms with Gasteiger partial charge in [0.25, 0.3) is 5.91 Å². The Hall–Kier alpha value is -2.04. The first-order chi connectivity index (χ1) is 14.7. The van der Waals surface area contributed by atoms with E-state index in [9.17, 15) is 9.59 Å². The van der Waals surface area contributed by atoms with E-state index in [1.165, 1.54) is 0 Å². The van der Waals surface area contributed by atoms with Gasteiger partial charge in [-0.25, -0.2) is 9.79 Å². The summed E-state index contributed by atoms with van der Waals surface area (Å²) in [7, 11) is 0. The number of likely N-dealkylation sites (tertiary alicyclic amines) is 1. The molecule has 9 heteroatoms. The van der Waals surface area contributed by atoms with Crippen LogP contribution >= 0.6 is 24.0 Å². The van der Waals surface area contributed by atoms with Crippen LogP contribution in [0.5, 0.6) is 0 Å². The van der Waals surface area contributed by atoms with Crippen molar-refractivity contribution in [1.29, 1.82) is 0 Å². The number of rotatable bonds is 7. The van der Waals surface area contributed by atoms with Gasteiger partial charge in [-0.15, -0.1) is 24.0 Å². The predicted octanol–water partition coefficient (Wildman–Crippen LogP) is 3.46. The number of hydrogen-bond donors (Lipinski definition) is 2. The maximum absolute atomic E-state index is 12.4. The van der Waals surface area contributed by atoms with Crippen LogP contribution in [0.25, 0.3) is 0 Å². The Morgan fingerprint density at radius 2 is 1.72 bits per heavy atom. The summed E-state index contributed by atoms with van der Waals surface area (Å²) in [5, 5.41) is 6.60. The molecular weight excluding hydrogens is 521 g/mol. The van der Waals surface area contributed by atoms with E-state index < -0.39 is 5.60 Å². The predicted molar refractivity (Wildman–Crippen MR) is 139 cm³/mol. The van der Waals surface area contributed by atoms with E-state index in [1.54, 1.807) is 9.80 Å². The summed E-state index contributed by atoms with van der Waals surface area (Å²) in [6, 6.07) is 7.74. The first-order valence-corrected chi connectivity index (χ1v) is 11.1. The number of ether oxygens (including phenoxy) is 1. The second kappa shape index (κ2) is 12.9. The van der Waals surface area contributed by atoms with Crippen LogP contribution in [0.3, 0.4) is 0 Å². The van der Waals surface area contributed by atoms with Gasteiger partial charge in [0, 0.05) is 38.3 Å². The summed E-state index contributed by atoms with van der Waals surface area (Å²) in [4.78, 5) is 32.6. The monoisotopic (exact) mass is 559 g/mol. The van der Waals surface area contributed by atoms with Gasteiger partial charge in [-0.2, -0.15) is 0 Å². The zero-order chi connectivity index (χ0) is 23.0. The summed E-state index contributed by atoms with van der Waals surface area (Å²) < 4.78 is 5.39. The Morgan fingerprint density at radius 3 is 2.22 bits per heavy atom. The van der Waals surface area contributed by atoms with Crippen LogP contribution < -0.4 is 10.6 Å². The molecule has 32 heavy (non-hydrogen) atoms. The number of nitrogens with zero attached hydrogens (tertiary/aromatic N) is 3. The molecule has 0 bridgehead atoms. The van der Waals surface area contributed by atoms with Gasteiger partial charge < -0.3 is 25.2 Å². The van der Waals surface area contributed by atoms with E-state index in [2.05, 4.69) is 15.6 Å². The van der Waals surface area contributed by atoms with Crippen molar-refractivity contribution in [3.05, 3.63) is 35.4 Å². The SMILES string of the molecule is CCNC(=NCc1ccc(C(=O)N(CC)CC)cc1)NC1CN(C(=O)OC(C)(C)C)C1.I. The van der Waals surface area contributed by atoms with Crippen LogP contribution in [0.15, 0.2) is 29.3 Å². The zero-order valence-electron chi connectivity index (χ0n) is 20.1. The molecule has 1 aliphatic rings. The maximum atomic E-state index is 12.4. The third kappa shape index (κ3) is 8.48. The third-order valence-electron chi connectivity index (χ3n) is 4.89. The van der Waals surface area contributed by atoms with E-state index in [-0.39, 0.29) is 42.0 Å². The van der Waals surface area contributed by atoms with Gasteiger partial charge in [-0.3, -0.25) is 4.79 Å². The normalized spacial score (nSPS) is 14.2. The molecule has 2 rings (SSSR count). The van der Waals surface area contributed by atoms with Crippen molar-refractivity contribution in [1.82, 2.24) is 20.4 Å². The topological polar surface area (TPSA) is 86.3 Å². The van der Waals surface area contributed by atoms with Crippen LogP contribution in [0.2, 0.25) is 0 Å². The maximum Gasteiger partial charge on any atom is 0.410 e. The molecule has 8 nitrogen and oxygen atoms in total. The molecule has 1 aliphatic heterocycles. The van der Waals surface area contributed by atoms with Gasteiger partial charge in [0.15, 0.2) is 5.96 Å². The van der Waals surface area contributed by atoms with Gasteiger partial charge in [0.2, 0.25) is 0 Å². The number of hydrogen-bond acceptors (Lipinski definition) is 4. The van der Waals surface area contributed by atoms with Crippen molar-refractivity contribution in [2.45, 2.75) is 59.7 Å². The van der Waals surface area contributed by atoms with Crippen molar-refractivity contribution in [3.63, 3.8) is 0 Å². The quantitative estimate of drug-likeness (QED) is 0.304. The number of carbonyl (C=O) groups excluding carboxylic acids is 2. The average Bonchev–Trinajstić information content (AvgIpc) is 2.68. The molecule has 0 spiro atoms. The lowest BCUT2D eigenvalue weighted by Gasteiger charge is -2.40. The third-order valence-corrected chi connectivity index (χ3v) is 4.89. The van der Waals surface area contributed by atoms with Crippen molar-refractivity contribution in [3.8, 4) is 0 Å². The minimum atomic E-state index is -0.489. The van der Waals surface area contributed by atoms with Crippen LogP contribution in [0, 0.1) is 0 Å². The van der Waals surface area contributed by atoms with Gasteiger partial charge >= 0.3 is 6.09 Å². The van der Waals surface area contributed by atoms with Crippen LogP contribution in [0.4, 0.5) is 4.79 Å². The summed E-state index contributed by atoms with van der Waals surface area (Å²) in [6.07, 6.45) is -0.285. The molecule has 1 aromatic rings. The second-order valence-electron chi connectivity index (χ2n) is 8.60. The second-order valence-corrected chi connectivity index (χ2v) is 8.60. The highest BCUT2D eigenvalue weighted by Gasteiger charge is 2.34. The van der Waals surface area contributed by atoms with Crippen LogP contribution in [0.1, 0.15) is 57.5 Å². The molecule has 2 amide bonds. The molecule has 0 atom stereocenters. The van der Waals surface area contributed by atoms with Crippen molar-refractivity contribution in [2.75, 3.05) is 32.7 Å². The molecule has 180 valence electrons. The lowest BCUT2D eigenvalue weighted by Crippen LogP contribution is -2.63. The summed E-state index contributed by atoms with van der Waals surface area (Å²) in [5.41, 5.74) is 1.23. The standard InChI is InChI=1S/C23H37N5O3.HI/c1-7-24-21(26-19-15-28(16-19)22(30)31-23(4,5)6)25-14-17-10-12-18(13-11-17)20(29)27(8-2)9-3;/h10-13,19H,7-9,14-16H2,1-6H3,(H2,24,25,26);1H. The van der Waals surface area contributed by atoms with Gasteiger partial charge in [-0.05, 0) is 59.2 Å². The molecule has 0 unspecified atom stereocenters.